The van der Waals surface area contributed by atoms with Crippen molar-refractivity contribution in [1.82, 2.24) is 0 Å². The Labute approximate surface area is 89.0 Å². The van der Waals surface area contributed by atoms with E-state index >= 15 is 0 Å². The minimum atomic E-state index is -4.81. The second-order valence-electron chi connectivity index (χ2n) is 2.70. The highest BCUT2D eigenvalue weighted by Gasteiger charge is 2.31. The molecule has 0 amide bonds. The van der Waals surface area contributed by atoms with Crippen LogP contribution < -0.4 is 10.5 Å². The first-order valence-corrected chi connectivity index (χ1v) is 4.16. The molecule has 86 valence electrons. The van der Waals surface area contributed by atoms with Crippen LogP contribution >= 0.6 is 0 Å². The summed E-state index contributed by atoms with van der Waals surface area (Å²) in [7, 11) is 0. The molecule has 1 rings (SSSR count). The van der Waals surface area contributed by atoms with Crippen LogP contribution in [-0.4, -0.2) is 12.9 Å². The Balaban J connectivity index is 2.98. The molecule has 6 heteroatoms. The van der Waals surface area contributed by atoms with Gasteiger partial charge in [-0.15, -0.1) is 13.2 Å². The lowest BCUT2D eigenvalue weighted by Crippen LogP contribution is -2.17. The molecule has 0 fully saturated rings. The fourth-order valence-electron chi connectivity index (χ4n) is 0.944. The summed E-state index contributed by atoms with van der Waals surface area (Å²) in [4.78, 5) is 0. The van der Waals surface area contributed by atoms with Gasteiger partial charge in [0.05, 0.1) is 12.1 Å². The number of hydrogen-bond donors (Lipinski definition) is 1. The smallest absolute Gasteiger partial charge is 0.406 e. The predicted molar refractivity (Wildman–Crippen MR) is 49.0 cm³/mol. The van der Waals surface area contributed by atoms with Gasteiger partial charge in [-0.3, -0.25) is 0 Å². The SMILES string of the molecule is NCC#Cc1cc(OC(F)(F)F)ccc1F. The van der Waals surface area contributed by atoms with Crippen molar-refractivity contribution in [3.63, 3.8) is 0 Å². The van der Waals surface area contributed by atoms with Gasteiger partial charge in [-0.1, -0.05) is 11.8 Å². The van der Waals surface area contributed by atoms with E-state index in [4.69, 9.17) is 5.73 Å². The second kappa shape index (κ2) is 4.86. The lowest BCUT2D eigenvalue weighted by Gasteiger charge is -2.08. The van der Waals surface area contributed by atoms with Crippen LogP contribution in [0.15, 0.2) is 18.2 Å². The highest BCUT2D eigenvalue weighted by molar-refractivity contribution is 5.41. The van der Waals surface area contributed by atoms with E-state index in [-0.39, 0.29) is 12.1 Å². The molecule has 1 aromatic carbocycles. The van der Waals surface area contributed by atoms with Crippen LogP contribution in [0.3, 0.4) is 0 Å². The maximum atomic E-state index is 13.0. The largest absolute Gasteiger partial charge is 0.573 e. The minimum absolute atomic E-state index is 0.0101. The normalized spacial score (nSPS) is 10.6. The zero-order chi connectivity index (χ0) is 12.2. The van der Waals surface area contributed by atoms with Gasteiger partial charge in [0.25, 0.3) is 0 Å². The third-order valence-electron chi connectivity index (χ3n) is 1.50. The van der Waals surface area contributed by atoms with Crippen LogP contribution in [0.2, 0.25) is 0 Å². The van der Waals surface area contributed by atoms with Gasteiger partial charge in [0.2, 0.25) is 0 Å². The molecular weight excluding hydrogens is 226 g/mol. The van der Waals surface area contributed by atoms with Crippen molar-refractivity contribution in [2.75, 3.05) is 6.54 Å². The first kappa shape index (κ1) is 12.3. The average molecular weight is 233 g/mol. The molecule has 0 aliphatic carbocycles. The van der Waals surface area contributed by atoms with Gasteiger partial charge in [0, 0.05) is 0 Å². The monoisotopic (exact) mass is 233 g/mol. The lowest BCUT2D eigenvalue weighted by atomic mass is 10.2. The molecule has 2 nitrogen and oxygen atoms in total. The molecular formula is C10H7F4NO. The summed E-state index contributed by atoms with van der Waals surface area (Å²) in [6.45, 7) is -0.0101. The summed E-state index contributed by atoms with van der Waals surface area (Å²) in [5, 5.41) is 0. The Bertz CT molecular complexity index is 431. The van der Waals surface area contributed by atoms with Crippen molar-refractivity contribution in [3.8, 4) is 17.6 Å². The third kappa shape index (κ3) is 3.79. The standard InChI is InChI=1S/C10H7F4NO/c11-9-4-3-8(16-10(12,13)14)6-7(9)2-1-5-15/h3-4,6H,5,15H2. The molecule has 0 bridgehead atoms. The van der Waals surface area contributed by atoms with E-state index in [0.717, 1.165) is 18.2 Å². The topological polar surface area (TPSA) is 35.2 Å². The second-order valence-corrected chi connectivity index (χ2v) is 2.70. The Hall–Kier alpha value is -1.74. The fourth-order valence-corrected chi connectivity index (χ4v) is 0.944. The maximum absolute atomic E-state index is 13.0. The molecule has 0 aliphatic rings. The predicted octanol–water partition coefficient (Wildman–Crippen LogP) is 2.03. The van der Waals surface area contributed by atoms with Crippen LogP contribution in [0.4, 0.5) is 17.6 Å². The van der Waals surface area contributed by atoms with E-state index in [9.17, 15) is 17.6 Å². The number of ether oxygens (including phenoxy) is 1. The van der Waals surface area contributed by atoms with Crippen molar-refractivity contribution in [3.05, 3.63) is 29.6 Å². The van der Waals surface area contributed by atoms with E-state index in [0.29, 0.717) is 0 Å². The van der Waals surface area contributed by atoms with Gasteiger partial charge in [-0.05, 0) is 18.2 Å². The maximum Gasteiger partial charge on any atom is 0.573 e. The number of hydrogen-bond acceptors (Lipinski definition) is 2. The van der Waals surface area contributed by atoms with Crippen molar-refractivity contribution in [2.45, 2.75) is 6.36 Å². The summed E-state index contributed by atoms with van der Waals surface area (Å²) >= 11 is 0. The van der Waals surface area contributed by atoms with E-state index in [1.54, 1.807) is 0 Å². The Morgan fingerprint density at radius 1 is 1.31 bits per heavy atom. The zero-order valence-electron chi connectivity index (χ0n) is 7.94. The van der Waals surface area contributed by atoms with Gasteiger partial charge in [0.15, 0.2) is 0 Å². The third-order valence-corrected chi connectivity index (χ3v) is 1.50. The molecule has 16 heavy (non-hydrogen) atoms. The number of nitrogens with two attached hydrogens (primary N) is 1. The fraction of sp³-hybridized carbons (Fsp3) is 0.200. The Kier molecular flexibility index (Phi) is 3.74. The Morgan fingerprint density at radius 2 is 2.00 bits per heavy atom. The average Bonchev–Trinajstić information content (AvgIpc) is 2.17. The molecule has 0 aliphatic heterocycles. The summed E-state index contributed by atoms with van der Waals surface area (Å²) < 4.78 is 52.2. The van der Waals surface area contributed by atoms with Crippen LogP contribution in [0.5, 0.6) is 5.75 Å². The molecule has 0 unspecified atom stereocenters. The van der Waals surface area contributed by atoms with Gasteiger partial charge in [-0.2, -0.15) is 0 Å². The summed E-state index contributed by atoms with van der Waals surface area (Å²) in [6, 6.07) is 2.59. The number of rotatable bonds is 1. The van der Waals surface area contributed by atoms with E-state index in [2.05, 4.69) is 16.6 Å². The van der Waals surface area contributed by atoms with Crippen LogP contribution in [0.1, 0.15) is 5.56 Å². The first-order valence-electron chi connectivity index (χ1n) is 4.16. The molecule has 0 spiro atoms. The quantitative estimate of drug-likeness (QED) is 0.595. The van der Waals surface area contributed by atoms with Gasteiger partial charge >= 0.3 is 6.36 Å². The number of halogens is 4. The lowest BCUT2D eigenvalue weighted by molar-refractivity contribution is -0.274. The van der Waals surface area contributed by atoms with Crippen molar-refractivity contribution < 1.29 is 22.3 Å². The van der Waals surface area contributed by atoms with Crippen molar-refractivity contribution >= 4 is 0 Å². The summed E-state index contributed by atoms with van der Waals surface area (Å²) in [5.74, 6) is 3.39. The first-order chi connectivity index (χ1) is 7.42. The molecule has 1 aromatic rings. The van der Waals surface area contributed by atoms with Gasteiger partial charge < -0.3 is 10.5 Å². The highest BCUT2D eigenvalue weighted by Crippen LogP contribution is 2.24. The van der Waals surface area contributed by atoms with E-state index in [1.165, 1.54) is 0 Å². The summed E-state index contributed by atoms with van der Waals surface area (Å²) in [5.41, 5.74) is 4.87. The van der Waals surface area contributed by atoms with Gasteiger partial charge in [-0.25, -0.2) is 4.39 Å². The minimum Gasteiger partial charge on any atom is -0.406 e. The molecule has 0 atom stereocenters. The zero-order valence-corrected chi connectivity index (χ0v) is 7.94. The van der Waals surface area contributed by atoms with Crippen LogP contribution in [0, 0.1) is 17.7 Å². The molecule has 0 heterocycles. The number of alkyl halides is 3. The van der Waals surface area contributed by atoms with Gasteiger partial charge in [0.1, 0.15) is 11.6 Å². The molecule has 2 N–H and O–H groups in total. The Morgan fingerprint density at radius 3 is 2.56 bits per heavy atom. The van der Waals surface area contributed by atoms with Crippen LogP contribution in [-0.2, 0) is 0 Å². The van der Waals surface area contributed by atoms with Crippen molar-refractivity contribution in [1.29, 1.82) is 0 Å². The molecule has 0 saturated heterocycles. The highest BCUT2D eigenvalue weighted by atomic mass is 19.4. The molecule has 0 radical (unpaired) electrons. The molecule has 0 saturated carbocycles. The number of benzene rings is 1. The molecule has 0 aromatic heterocycles. The van der Waals surface area contributed by atoms with E-state index < -0.39 is 17.9 Å². The summed E-state index contributed by atoms with van der Waals surface area (Å²) in [6.07, 6.45) is -4.81. The van der Waals surface area contributed by atoms with Crippen molar-refractivity contribution in [2.24, 2.45) is 5.73 Å². The van der Waals surface area contributed by atoms with E-state index in [1.807, 2.05) is 0 Å². The van der Waals surface area contributed by atoms with Crippen LogP contribution in [0.25, 0.3) is 0 Å².